The van der Waals surface area contributed by atoms with Crippen molar-refractivity contribution in [1.29, 1.82) is 0 Å². The molecule has 8 nitrogen and oxygen atoms in total. The summed E-state index contributed by atoms with van der Waals surface area (Å²) >= 11 is 0. The number of aromatic nitrogens is 2. The van der Waals surface area contributed by atoms with E-state index in [1.165, 1.54) is 12.8 Å². The van der Waals surface area contributed by atoms with E-state index >= 15 is 0 Å². The molecule has 2 aromatic rings. The van der Waals surface area contributed by atoms with Gasteiger partial charge in [0.1, 0.15) is 5.82 Å². The summed E-state index contributed by atoms with van der Waals surface area (Å²) in [5, 5.41) is 0.593. The van der Waals surface area contributed by atoms with Crippen molar-refractivity contribution >= 4 is 22.7 Å². The number of piperazine rings is 1. The number of carbonyl (C=O) groups is 2. The molecule has 0 N–H and O–H groups in total. The van der Waals surface area contributed by atoms with Crippen LogP contribution in [0.3, 0.4) is 0 Å². The smallest absolute Gasteiger partial charge is 0.261 e. The third kappa shape index (κ3) is 5.18. The fraction of sp³-hybridized carbons (Fsp3) is 0.583. The lowest BCUT2D eigenvalue weighted by atomic mass is 10.2. The van der Waals surface area contributed by atoms with Crippen molar-refractivity contribution in [2.45, 2.75) is 38.5 Å². The molecule has 1 aromatic heterocycles. The molecule has 2 saturated heterocycles. The molecular formula is C24H33N5O3. The third-order valence-electron chi connectivity index (χ3n) is 6.68. The van der Waals surface area contributed by atoms with Crippen LogP contribution in [0.1, 0.15) is 37.9 Å². The van der Waals surface area contributed by atoms with Gasteiger partial charge in [-0.05, 0) is 25.0 Å². The number of carbonyl (C=O) groups excluding carboxylic acids is 2. The van der Waals surface area contributed by atoms with Gasteiger partial charge in [0.25, 0.3) is 5.56 Å². The van der Waals surface area contributed by atoms with Gasteiger partial charge in [-0.15, -0.1) is 0 Å². The lowest BCUT2D eigenvalue weighted by Gasteiger charge is -2.35. The van der Waals surface area contributed by atoms with Crippen molar-refractivity contribution < 1.29 is 9.59 Å². The molecule has 0 aliphatic carbocycles. The lowest BCUT2D eigenvalue weighted by Crippen LogP contribution is -2.51. The molecule has 3 heterocycles. The Morgan fingerprint density at radius 2 is 1.53 bits per heavy atom. The number of rotatable bonds is 5. The molecule has 1 aromatic carbocycles. The molecule has 0 bridgehead atoms. The van der Waals surface area contributed by atoms with Gasteiger partial charge in [0.15, 0.2) is 0 Å². The third-order valence-corrected chi connectivity index (χ3v) is 6.68. The minimum absolute atomic E-state index is 0.0749. The first-order chi connectivity index (χ1) is 15.5. The summed E-state index contributed by atoms with van der Waals surface area (Å²) in [6.45, 7) is 4.92. The standard InChI is InChI=1S/C24H33N5O3/c1-26-21(25-20-9-5-4-8-19(20)24(26)32)10-11-22(30)29-16-14-27(15-17-29)18-23(31)28-12-6-2-3-7-13-28/h4-5,8-9H,2-3,6-7,10-18H2,1H3. The molecule has 8 heteroatoms. The van der Waals surface area contributed by atoms with Gasteiger partial charge < -0.3 is 9.80 Å². The van der Waals surface area contributed by atoms with Crippen LogP contribution in [0, 0.1) is 0 Å². The van der Waals surface area contributed by atoms with Crippen LogP contribution < -0.4 is 5.56 Å². The van der Waals surface area contributed by atoms with Gasteiger partial charge in [0.2, 0.25) is 11.8 Å². The molecule has 32 heavy (non-hydrogen) atoms. The SMILES string of the molecule is Cn1c(CCC(=O)N2CCN(CC(=O)N3CCCCCC3)CC2)nc2ccccc2c1=O. The van der Waals surface area contributed by atoms with Crippen molar-refractivity contribution in [2.24, 2.45) is 7.05 Å². The topological polar surface area (TPSA) is 78.8 Å². The second-order valence-corrected chi connectivity index (χ2v) is 8.86. The number of aryl methyl sites for hydroxylation is 1. The average Bonchev–Trinajstić information content (AvgIpc) is 3.10. The molecule has 0 saturated carbocycles. The van der Waals surface area contributed by atoms with Crippen LogP contribution in [0.25, 0.3) is 10.9 Å². The van der Waals surface area contributed by atoms with Gasteiger partial charge in [0, 0.05) is 59.2 Å². The Kier molecular flexibility index (Phi) is 7.19. The highest BCUT2D eigenvalue weighted by Crippen LogP contribution is 2.12. The molecule has 2 aliphatic heterocycles. The fourth-order valence-electron chi connectivity index (χ4n) is 4.63. The Morgan fingerprint density at radius 1 is 0.875 bits per heavy atom. The van der Waals surface area contributed by atoms with E-state index < -0.39 is 0 Å². The zero-order chi connectivity index (χ0) is 22.5. The van der Waals surface area contributed by atoms with Gasteiger partial charge in [-0.2, -0.15) is 0 Å². The number of hydrogen-bond acceptors (Lipinski definition) is 5. The molecule has 0 atom stereocenters. The maximum atomic E-state index is 12.8. The van der Waals surface area contributed by atoms with E-state index in [-0.39, 0.29) is 17.4 Å². The van der Waals surface area contributed by atoms with E-state index in [9.17, 15) is 14.4 Å². The van der Waals surface area contributed by atoms with Crippen molar-refractivity contribution in [3.8, 4) is 0 Å². The minimum atomic E-state index is -0.0826. The van der Waals surface area contributed by atoms with Crippen LogP contribution in [0.4, 0.5) is 0 Å². The first kappa shape index (κ1) is 22.5. The van der Waals surface area contributed by atoms with E-state index in [1.54, 1.807) is 17.7 Å². The zero-order valence-electron chi connectivity index (χ0n) is 19.0. The molecule has 2 fully saturated rings. The predicted octanol–water partition coefficient (Wildman–Crippen LogP) is 1.41. The van der Waals surface area contributed by atoms with E-state index in [0.717, 1.165) is 39.0 Å². The largest absolute Gasteiger partial charge is 0.342 e. The number of para-hydroxylation sites is 1. The van der Waals surface area contributed by atoms with E-state index in [1.807, 2.05) is 28.0 Å². The number of benzene rings is 1. The summed E-state index contributed by atoms with van der Waals surface area (Å²) in [6.07, 6.45) is 5.40. The van der Waals surface area contributed by atoms with Crippen molar-refractivity contribution in [1.82, 2.24) is 24.3 Å². The second kappa shape index (κ2) is 10.3. The fourth-order valence-corrected chi connectivity index (χ4v) is 4.63. The van der Waals surface area contributed by atoms with Crippen LogP contribution >= 0.6 is 0 Å². The number of likely N-dealkylation sites (tertiary alicyclic amines) is 1. The highest BCUT2D eigenvalue weighted by atomic mass is 16.2. The predicted molar refractivity (Wildman–Crippen MR) is 123 cm³/mol. The highest BCUT2D eigenvalue weighted by molar-refractivity contribution is 5.79. The van der Waals surface area contributed by atoms with E-state index in [0.29, 0.717) is 49.2 Å². The summed E-state index contributed by atoms with van der Waals surface area (Å²) in [5.41, 5.74) is 0.585. The number of nitrogens with zero attached hydrogens (tertiary/aromatic N) is 5. The number of fused-ring (bicyclic) bond motifs is 1. The van der Waals surface area contributed by atoms with Gasteiger partial charge in [-0.1, -0.05) is 25.0 Å². The first-order valence-corrected chi connectivity index (χ1v) is 11.8. The summed E-state index contributed by atoms with van der Waals surface area (Å²) in [4.78, 5) is 48.5. The van der Waals surface area contributed by atoms with Gasteiger partial charge in [-0.25, -0.2) is 4.98 Å². The molecular weight excluding hydrogens is 406 g/mol. The highest BCUT2D eigenvalue weighted by Gasteiger charge is 2.24. The van der Waals surface area contributed by atoms with Crippen LogP contribution in [-0.2, 0) is 23.1 Å². The monoisotopic (exact) mass is 439 g/mol. The normalized spacial score (nSPS) is 18.0. The molecule has 2 amide bonds. The molecule has 0 unspecified atom stereocenters. The average molecular weight is 440 g/mol. The van der Waals surface area contributed by atoms with Crippen LogP contribution in [0.2, 0.25) is 0 Å². The lowest BCUT2D eigenvalue weighted by molar-refractivity contribution is -0.135. The van der Waals surface area contributed by atoms with Gasteiger partial charge in [-0.3, -0.25) is 23.9 Å². The molecule has 2 aliphatic rings. The summed E-state index contributed by atoms with van der Waals surface area (Å²) < 4.78 is 1.54. The Morgan fingerprint density at radius 3 is 2.25 bits per heavy atom. The van der Waals surface area contributed by atoms with Gasteiger partial charge >= 0.3 is 0 Å². The van der Waals surface area contributed by atoms with Crippen molar-refractivity contribution in [3.05, 3.63) is 40.4 Å². The zero-order valence-corrected chi connectivity index (χ0v) is 19.0. The van der Waals surface area contributed by atoms with Crippen LogP contribution in [-0.4, -0.2) is 81.9 Å². The quantitative estimate of drug-likeness (QED) is 0.704. The Labute approximate surface area is 188 Å². The van der Waals surface area contributed by atoms with Crippen LogP contribution in [0.5, 0.6) is 0 Å². The first-order valence-electron chi connectivity index (χ1n) is 11.8. The van der Waals surface area contributed by atoms with Crippen LogP contribution in [0.15, 0.2) is 29.1 Å². The van der Waals surface area contributed by atoms with E-state index in [2.05, 4.69) is 9.88 Å². The molecule has 172 valence electrons. The Hall–Kier alpha value is -2.74. The number of hydrogen-bond donors (Lipinski definition) is 0. The maximum Gasteiger partial charge on any atom is 0.261 e. The second-order valence-electron chi connectivity index (χ2n) is 8.86. The molecule has 0 radical (unpaired) electrons. The number of amides is 2. The Balaban J connectivity index is 1.27. The van der Waals surface area contributed by atoms with E-state index in [4.69, 9.17) is 0 Å². The summed E-state index contributed by atoms with van der Waals surface area (Å²) in [6, 6.07) is 7.29. The molecule has 4 rings (SSSR count). The minimum Gasteiger partial charge on any atom is -0.342 e. The van der Waals surface area contributed by atoms with Crippen molar-refractivity contribution in [2.75, 3.05) is 45.8 Å². The summed E-state index contributed by atoms with van der Waals surface area (Å²) in [5.74, 6) is 0.921. The van der Waals surface area contributed by atoms with Gasteiger partial charge in [0.05, 0.1) is 17.4 Å². The Bertz CT molecular complexity index is 1020. The maximum absolute atomic E-state index is 12.8. The summed E-state index contributed by atoms with van der Waals surface area (Å²) in [7, 11) is 1.71. The molecule has 0 spiro atoms. The van der Waals surface area contributed by atoms with Crippen molar-refractivity contribution in [3.63, 3.8) is 0 Å².